The van der Waals surface area contributed by atoms with E-state index in [4.69, 9.17) is 4.74 Å². The Hall–Kier alpha value is -0.170. The third-order valence-corrected chi connectivity index (χ3v) is 4.35. The molecule has 0 bridgehead atoms. The summed E-state index contributed by atoms with van der Waals surface area (Å²) in [6.45, 7) is 4.40. The maximum atomic E-state index is 11.9. The third kappa shape index (κ3) is 4.15. The Morgan fingerprint density at radius 2 is 2.37 bits per heavy atom. The molecule has 2 rings (SSSR count). The molecule has 0 radical (unpaired) electrons. The van der Waals surface area contributed by atoms with E-state index in [2.05, 4.69) is 44.1 Å². The van der Waals surface area contributed by atoms with Crippen molar-refractivity contribution in [2.45, 2.75) is 38.5 Å². The molecule has 2 atom stereocenters. The second-order valence-electron chi connectivity index (χ2n) is 4.80. The minimum absolute atomic E-state index is 0.00484. The molecule has 0 spiro atoms. The zero-order valence-corrected chi connectivity index (χ0v) is 14.0. The highest BCUT2D eigenvalue weighted by Crippen LogP contribution is 2.15. The van der Waals surface area contributed by atoms with Gasteiger partial charge in [-0.1, -0.05) is 0 Å². The van der Waals surface area contributed by atoms with Crippen molar-refractivity contribution in [3.05, 3.63) is 31.6 Å². The molecule has 19 heavy (non-hydrogen) atoms. The van der Waals surface area contributed by atoms with Gasteiger partial charge in [0.1, 0.15) is 0 Å². The van der Waals surface area contributed by atoms with Gasteiger partial charge in [-0.15, -0.1) is 0 Å². The third-order valence-electron chi connectivity index (χ3n) is 3.35. The number of hydrogen-bond acceptors (Lipinski definition) is 3. The van der Waals surface area contributed by atoms with Gasteiger partial charge < -0.3 is 14.6 Å². The lowest BCUT2D eigenvalue weighted by atomic mass is 10.1. The summed E-state index contributed by atoms with van der Waals surface area (Å²) >= 11 is 6.66. The molecule has 0 aliphatic carbocycles. The predicted octanol–water partition coefficient (Wildman–Crippen LogP) is 2.53. The zero-order chi connectivity index (χ0) is 13.8. The number of nitrogens with one attached hydrogen (secondary N) is 1. The first-order chi connectivity index (χ1) is 9.08. The number of nitrogens with zero attached hydrogens (tertiary/aromatic N) is 1. The van der Waals surface area contributed by atoms with E-state index in [1.165, 1.54) is 0 Å². The summed E-state index contributed by atoms with van der Waals surface area (Å²) in [5.74, 6) is 0. The van der Waals surface area contributed by atoms with Gasteiger partial charge in [-0.05, 0) is 57.7 Å². The van der Waals surface area contributed by atoms with Crippen molar-refractivity contribution in [1.29, 1.82) is 0 Å². The lowest BCUT2D eigenvalue weighted by Gasteiger charge is -2.20. The van der Waals surface area contributed by atoms with E-state index in [1.807, 2.05) is 6.20 Å². The normalized spacial score (nSPS) is 20.7. The lowest BCUT2D eigenvalue weighted by molar-refractivity contribution is 0.0835. The Bertz CT molecular complexity index is 484. The lowest BCUT2D eigenvalue weighted by Crippen LogP contribution is -2.39. The maximum Gasteiger partial charge on any atom is 0.264 e. The Morgan fingerprint density at radius 3 is 3.05 bits per heavy atom. The molecular formula is C13H18Br2N2O2. The van der Waals surface area contributed by atoms with Crippen LogP contribution in [0, 0.1) is 0 Å². The van der Waals surface area contributed by atoms with Crippen molar-refractivity contribution in [2.75, 3.05) is 13.2 Å². The summed E-state index contributed by atoms with van der Waals surface area (Å²) in [5.41, 5.74) is -0.00484. The number of aromatic nitrogens is 1. The van der Waals surface area contributed by atoms with Crippen LogP contribution in [-0.4, -0.2) is 29.9 Å². The van der Waals surface area contributed by atoms with Crippen molar-refractivity contribution in [2.24, 2.45) is 0 Å². The van der Waals surface area contributed by atoms with Crippen molar-refractivity contribution >= 4 is 31.9 Å². The van der Waals surface area contributed by atoms with Gasteiger partial charge in [-0.2, -0.15) is 0 Å². The number of hydrogen-bond donors (Lipinski definition) is 1. The number of rotatable bonds is 5. The fourth-order valence-electron chi connectivity index (χ4n) is 2.27. The molecule has 6 heteroatoms. The molecular weight excluding hydrogens is 376 g/mol. The van der Waals surface area contributed by atoms with Crippen LogP contribution in [0.2, 0.25) is 0 Å². The molecule has 1 aromatic rings. The van der Waals surface area contributed by atoms with Crippen LogP contribution in [-0.2, 0) is 11.3 Å². The minimum atomic E-state index is -0.00484. The predicted molar refractivity (Wildman–Crippen MR) is 82.5 cm³/mol. The van der Waals surface area contributed by atoms with Crippen molar-refractivity contribution in [3.63, 3.8) is 0 Å². The molecule has 1 N–H and O–H groups in total. The minimum Gasteiger partial charge on any atom is -0.377 e. The van der Waals surface area contributed by atoms with E-state index in [1.54, 1.807) is 10.6 Å². The summed E-state index contributed by atoms with van der Waals surface area (Å²) in [7, 11) is 0. The van der Waals surface area contributed by atoms with Crippen molar-refractivity contribution < 1.29 is 4.74 Å². The van der Waals surface area contributed by atoms with Gasteiger partial charge in [0.2, 0.25) is 0 Å². The summed E-state index contributed by atoms with van der Waals surface area (Å²) in [5, 5.41) is 3.42. The van der Waals surface area contributed by atoms with Gasteiger partial charge in [-0.25, -0.2) is 0 Å². The SMILES string of the molecule is CC(NCCn1cc(Br)cc(Br)c1=O)C1CCCO1. The zero-order valence-electron chi connectivity index (χ0n) is 10.9. The van der Waals surface area contributed by atoms with E-state index in [9.17, 15) is 4.79 Å². The van der Waals surface area contributed by atoms with Gasteiger partial charge in [0, 0.05) is 36.4 Å². The monoisotopic (exact) mass is 392 g/mol. The highest BCUT2D eigenvalue weighted by Gasteiger charge is 2.21. The van der Waals surface area contributed by atoms with Crippen LogP contribution in [0.15, 0.2) is 26.0 Å². The second kappa shape index (κ2) is 7.02. The average Bonchev–Trinajstić information content (AvgIpc) is 2.88. The number of pyridine rings is 1. The Labute approximate surface area is 129 Å². The van der Waals surface area contributed by atoms with Crippen molar-refractivity contribution in [3.8, 4) is 0 Å². The van der Waals surface area contributed by atoms with E-state index >= 15 is 0 Å². The standard InChI is InChI=1S/C13H18Br2N2O2/c1-9(12-3-2-6-19-12)16-4-5-17-8-10(14)7-11(15)13(17)18/h7-9,12,16H,2-6H2,1H3. The van der Waals surface area contributed by atoms with Gasteiger partial charge in [-0.3, -0.25) is 4.79 Å². The van der Waals surface area contributed by atoms with Gasteiger partial charge in [0.15, 0.2) is 0 Å². The van der Waals surface area contributed by atoms with Crippen LogP contribution in [0.5, 0.6) is 0 Å². The Balaban J connectivity index is 1.87. The van der Waals surface area contributed by atoms with Crippen molar-refractivity contribution in [1.82, 2.24) is 9.88 Å². The Morgan fingerprint density at radius 1 is 1.58 bits per heavy atom. The Kier molecular flexibility index (Phi) is 5.62. The molecule has 2 heterocycles. The number of halogens is 2. The van der Waals surface area contributed by atoms with Crippen LogP contribution in [0.4, 0.5) is 0 Å². The molecule has 2 unspecified atom stereocenters. The van der Waals surface area contributed by atoms with E-state index in [0.29, 0.717) is 23.2 Å². The molecule has 0 saturated carbocycles. The first-order valence-electron chi connectivity index (χ1n) is 6.48. The molecule has 0 aromatic carbocycles. The first-order valence-corrected chi connectivity index (χ1v) is 8.07. The van der Waals surface area contributed by atoms with Gasteiger partial charge in [0.05, 0.1) is 10.6 Å². The molecule has 4 nitrogen and oxygen atoms in total. The maximum absolute atomic E-state index is 11.9. The fourth-order valence-corrected chi connectivity index (χ4v) is 3.53. The quantitative estimate of drug-likeness (QED) is 0.835. The highest BCUT2D eigenvalue weighted by molar-refractivity contribution is 9.11. The molecule has 1 saturated heterocycles. The fraction of sp³-hybridized carbons (Fsp3) is 0.615. The topological polar surface area (TPSA) is 43.3 Å². The summed E-state index contributed by atoms with van der Waals surface area (Å²) in [6, 6.07) is 2.09. The second-order valence-corrected chi connectivity index (χ2v) is 6.57. The summed E-state index contributed by atoms with van der Waals surface area (Å²) in [4.78, 5) is 11.9. The van der Waals surface area contributed by atoms with E-state index in [0.717, 1.165) is 30.5 Å². The van der Waals surface area contributed by atoms with E-state index < -0.39 is 0 Å². The molecule has 1 aliphatic rings. The summed E-state index contributed by atoms with van der Waals surface area (Å²) in [6.07, 6.45) is 4.39. The molecule has 106 valence electrons. The molecule has 1 fully saturated rings. The molecule has 0 amide bonds. The van der Waals surface area contributed by atoms with E-state index in [-0.39, 0.29) is 5.56 Å². The van der Waals surface area contributed by atoms with Crippen LogP contribution < -0.4 is 10.9 Å². The smallest absolute Gasteiger partial charge is 0.264 e. The largest absolute Gasteiger partial charge is 0.377 e. The summed E-state index contributed by atoms with van der Waals surface area (Å²) < 4.78 is 8.80. The van der Waals surface area contributed by atoms with Crippen LogP contribution in [0.3, 0.4) is 0 Å². The molecule has 1 aromatic heterocycles. The average molecular weight is 394 g/mol. The van der Waals surface area contributed by atoms with Crippen LogP contribution in [0.1, 0.15) is 19.8 Å². The van der Waals surface area contributed by atoms with Gasteiger partial charge >= 0.3 is 0 Å². The first kappa shape index (κ1) is 15.2. The van der Waals surface area contributed by atoms with Gasteiger partial charge in [0.25, 0.3) is 5.56 Å². The molecule has 1 aliphatic heterocycles. The van der Waals surface area contributed by atoms with Crippen LogP contribution >= 0.6 is 31.9 Å². The van der Waals surface area contributed by atoms with Crippen LogP contribution in [0.25, 0.3) is 0 Å². The number of ether oxygens (including phenoxy) is 1. The highest BCUT2D eigenvalue weighted by atomic mass is 79.9.